The first-order valence-electron chi connectivity index (χ1n) is 9.38. The molecule has 2 aromatic rings. The molecule has 0 bridgehead atoms. The number of rotatable bonds is 6. The first-order valence-corrected chi connectivity index (χ1v) is 9.38. The molecule has 27 heavy (non-hydrogen) atoms. The maximum atomic E-state index is 12.6. The zero-order valence-electron chi connectivity index (χ0n) is 16.2. The Labute approximate surface area is 160 Å². The number of aryl methyl sites for hydroxylation is 1. The summed E-state index contributed by atoms with van der Waals surface area (Å²) in [6, 6.07) is 15.6. The Bertz CT molecular complexity index is 816. The Hall–Kier alpha value is -2.82. The number of nitrogens with one attached hydrogen (secondary N) is 2. The van der Waals surface area contributed by atoms with Gasteiger partial charge in [0.05, 0.1) is 6.04 Å². The lowest BCUT2D eigenvalue weighted by Gasteiger charge is -2.24. The van der Waals surface area contributed by atoms with E-state index >= 15 is 0 Å². The first kappa shape index (κ1) is 19.0. The van der Waals surface area contributed by atoms with E-state index in [0.717, 1.165) is 35.2 Å². The third-order valence-electron chi connectivity index (χ3n) is 5.14. The van der Waals surface area contributed by atoms with Crippen molar-refractivity contribution in [1.82, 2.24) is 10.2 Å². The summed E-state index contributed by atoms with van der Waals surface area (Å²) in [5, 5.41) is 5.99. The van der Waals surface area contributed by atoms with E-state index in [-0.39, 0.29) is 24.5 Å². The summed E-state index contributed by atoms with van der Waals surface area (Å²) in [6.45, 7) is 3.99. The number of hydrogen-bond acceptors (Lipinski definition) is 2. The highest BCUT2D eigenvalue weighted by Gasteiger charge is 2.34. The molecular weight excluding hydrogens is 338 g/mol. The van der Waals surface area contributed by atoms with Gasteiger partial charge in [-0.3, -0.25) is 4.79 Å². The summed E-state index contributed by atoms with van der Waals surface area (Å²) in [6.07, 6.45) is 2.24. The van der Waals surface area contributed by atoms with E-state index in [1.807, 2.05) is 62.4 Å². The van der Waals surface area contributed by atoms with Gasteiger partial charge in [-0.05, 0) is 55.4 Å². The van der Waals surface area contributed by atoms with Gasteiger partial charge in [-0.25, -0.2) is 4.79 Å². The van der Waals surface area contributed by atoms with Crippen molar-refractivity contribution < 1.29 is 9.59 Å². The van der Waals surface area contributed by atoms with Gasteiger partial charge in [0.2, 0.25) is 5.91 Å². The summed E-state index contributed by atoms with van der Waals surface area (Å²) in [5.41, 5.74) is 4.06. The minimum absolute atomic E-state index is 0.00299. The van der Waals surface area contributed by atoms with Crippen LogP contribution >= 0.6 is 0 Å². The quantitative estimate of drug-likeness (QED) is 0.812. The molecule has 5 nitrogen and oxygen atoms in total. The fraction of sp³-hybridized carbons (Fsp3) is 0.364. The Kier molecular flexibility index (Phi) is 5.79. The zero-order valence-corrected chi connectivity index (χ0v) is 16.2. The molecule has 0 saturated heterocycles. The Morgan fingerprint density at radius 2 is 1.78 bits per heavy atom. The lowest BCUT2D eigenvalue weighted by atomic mass is 10.0. The molecule has 3 amide bonds. The van der Waals surface area contributed by atoms with Crippen LogP contribution in [0.5, 0.6) is 0 Å². The summed E-state index contributed by atoms with van der Waals surface area (Å²) >= 11 is 0. The average Bonchev–Trinajstić information content (AvgIpc) is 3.49. The molecule has 0 heterocycles. The third kappa shape index (κ3) is 4.88. The molecule has 0 radical (unpaired) electrons. The minimum Gasteiger partial charge on any atom is -0.331 e. The summed E-state index contributed by atoms with van der Waals surface area (Å²) in [4.78, 5) is 26.4. The van der Waals surface area contributed by atoms with Gasteiger partial charge in [0, 0.05) is 12.7 Å². The Morgan fingerprint density at radius 1 is 1.07 bits per heavy atom. The second kappa shape index (κ2) is 8.25. The summed E-state index contributed by atoms with van der Waals surface area (Å²) < 4.78 is 0. The maximum absolute atomic E-state index is 12.6. The van der Waals surface area contributed by atoms with Crippen molar-refractivity contribution in [3.8, 4) is 0 Å². The molecule has 0 aliphatic heterocycles. The highest BCUT2D eigenvalue weighted by atomic mass is 16.2. The van der Waals surface area contributed by atoms with Crippen molar-refractivity contribution in [2.24, 2.45) is 5.92 Å². The van der Waals surface area contributed by atoms with Crippen molar-refractivity contribution in [2.75, 3.05) is 18.9 Å². The second-order valence-electron chi connectivity index (χ2n) is 7.33. The standard InChI is InChI=1S/C22H27N3O2/c1-15-8-7-11-19(16(15)2)23-20(26)14-25(3)22(27)24-21(18-12-13-18)17-9-5-4-6-10-17/h4-11,18,21H,12-14H2,1-3H3,(H,23,26)(H,24,27)/t21-/m1/s1. The number of nitrogens with zero attached hydrogens (tertiary/aromatic N) is 1. The molecule has 142 valence electrons. The van der Waals surface area contributed by atoms with Gasteiger partial charge >= 0.3 is 6.03 Å². The van der Waals surface area contributed by atoms with Crippen LogP contribution in [-0.4, -0.2) is 30.4 Å². The topological polar surface area (TPSA) is 61.4 Å². The van der Waals surface area contributed by atoms with Gasteiger partial charge in [0.1, 0.15) is 6.54 Å². The lowest BCUT2D eigenvalue weighted by Crippen LogP contribution is -2.43. The molecule has 0 spiro atoms. The molecular formula is C22H27N3O2. The van der Waals surface area contributed by atoms with Crippen LogP contribution in [0.25, 0.3) is 0 Å². The predicted octanol–water partition coefficient (Wildman–Crippen LogP) is 4.03. The molecule has 2 N–H and O–H groups in total. The normalized spacial score (nSPS) is 14.3. The zero-order chi connectivity index (χ0) is 19.4. The van der Waals surface area contributed by atoms with E-state index in [0.29, 0.717) is 5.92 Å². The number of carbonyl (C=O) groups is 2. The smallest absolute Gasteiger partial charge is 0.318 e. The predicted molar refractivity (Wildman–Crippen MR) is 108 cm³/mol. The van der Waals surface area contributed by atoms with Crippen molar-refractivity contribution in [2.45, 2.75) is 32.7 Å². The fourth-order valence-corrected chi connectivity index (χ4v) is 3.17. The molecule has 1 aliphatic carbocycles. The van der Waals surface area contributed by atoms with Crippen LogP contribution in [0.15, 0.2) is 48.5 Å². The summed E-state index contributed by atoms with van der Waals surface area (Å²) in [5.74, 6) is 0.276. The van der Waals surface area contributed by atoms with Crippen LogP contribution in [-0.2, 0) is 4.79 Å². The maximum Gasteiger partial charge on any atom is 0.318 e. The van der Waals surface area contributed by atoms with Crippen LogP contribution in [0.3, 0.4) is 0 Å². The summed E-state index contributed by atoms with van der Waals surface area (Å²) in [7, 11) is 1.65. The number of hydrogen-bond donors (Lipinski definition) is 2. The van der Waals surface area contributed by atoms with E-state index in [1.165, 1.54) is 4.90 Å². The van der Waals surface area contributed by atoms with Gasteiger partial charge in [-0.15, -0.1) is 0 Å². The molecule has 2 aromatic carbocycles. The highest BCUT2D eigenvalue weighted by molar-refractivity contribution is 5.95. The van der Waals surface area contributed by atoms with Gasteiger partial charge in [-0.1, -0.05) is 42.5 Å². The third-order valence-corrected chi connectivity index (χ3v) is 5.14. The number of likely N-dealkylation sites (N-methyl/N-ethyl adjacent to an activating group) is 1. The molecule has 3 rings (SSSR count). The van der Waals surface area contributed by atoms with Crippen molar-refractivity contribution >= 4 is 17.6 Å². The number of benzene rings is 2. The van der Waals surface area contributed by atoms with E-state index in [9.17, 15) is 9.59 Å². The number of carbonyl (C=O) groups excluding carboxylic acids is 2. The van der Waals surface area contributed by atoms with Crippen molar-refractivity contribution in [3.63, 3.8) is 0 Å². The molecule has 0 unspecified atom stereocenters. The Balaban J connectivity index is 1.58. The molecule has 1 atom stereocenters. The first-order chi connectivity index (χ1) is 13.0. The van der Waals surface area contributed by atoms with Crippen molar-refractivity contribution in [3.05, 3.63) is 65.2 Å². The fourth-order valence-electron chi connectivity index (χ4n) is 3.17. The Morgan fingerprint density at radius 3 is 2.44 bits per heavy atom. The molecule has 1 fully saturated rings. The van der Waals surface area contributed by atoms with Crippen molar-refractivity contribution in [1.29, 1.82) is 0 Å². The molecule has 1 aliphatic rings. The van der Waals surface area contributed by atoms with E-state index in [1.54, 1.807) is 7.05 Å². The van der Waals surface area contributed by atoms with Crippen LogP contribution in [0.1, 0.15) is 35.6 Å². The van der Waals surface area contributed by atoms with E-state index in [4.69, 9.17) is 0 Å². The largest absolute Gasteiger partial charge is 0.331 e. The molecule has 5 heteroatoms. The monoisotopic (exact) mass is 365 g/mol. The lowest BCUT2D eigenvalue weighted by molar-refractivity contribution is -0.116. The SMILES string of the molecule is Cc1cccc(NC(=O)CN(C)C(=O)N[C@H](c2ccccc2)C2CC2)c1C. The second-order valence-corrected chi connectivity index (χ2v) is 7.33. The van der Waals surface area contributed by atoms with Gasteiger partial charge < -0.3 is 15.5 Å². The minimum atomic E-state index is -0.230. The average molecular weight is 365 g/mol. The van der Waals surface area contributed by atoms with Gasteiger partial charge in [0.25, 0.3) is 0 Å². The van der Waals surface area contributed by atoms with Gasteiger partial charge in [0.15, 0.2) is 0 Å². The van der Waals surface area contributed by atoms with Crippen LogP contribution in [0.2, 0.25) is 0 Å². The highest BCUT2D eigenvalue weighted by Crippen LogP contribution is 2.40. The number of urea groups is 1. The molecule has 1 saturated carbocycles. The van der Waals surface area contributed by atoms with Crippen LogP contribution in [0.4, 0.5) is 10.5 Å². The van der Waals surface area contributed by atoms with E-state index < -0.39 is 0 Å². The number of amides is 3. The molecule has 0 aromatic heterocycles. The number of anilines is 1. The van der Waals surface area contributed by atoms with Gasteiger partial charge in [-0.2, -0.15) is 0 Å². The van der Waals surface area contributed by atoms with Crippen LogP contribution < -0.4 is 10.6 Å². The van der Waals surface area contributed by atoms with E-state index in [2.05, 4.69) is 10.6 Å². The van der Waals surface area contributed by atoms with Crippen LogP contribution in [0, 0.1) is 19.8 Å².